The largest absolute Gasteiger partial charge is 0.483 e. The minimum absolute atomic E-state index is 0.0770. The zero-order chi connectivity index (χ0) is 26.6. The van der Waals surface area contributed by atoms with Crippen molar-refractivity contribution in [1.29, 1.82) is 0 Å². The first-order valence-corrected chi connectivity index (χ1v) is 13.6. The van der Waals surface area contributed by atoms with Gasteiger partial charge in [-0.15, -0.1) is 21.5 Å². The molecule has 1 atom stereocenters. The number of carbonyl (C=O) groups excluding carboxylic acids is 2. The molecule has 0 aliphatic carbocycles. The lowest BCUT2D eigenvalue weighted by molar-refractivity contribution is -0.113. The molecule has 194 valence electrons. The van der Waals surface area contributed by atoms with Crippen LogP contribution in [0.2, 0.25) is 0 Å². The van der Waals surface area contributed by atoms with Crippen molar-refractivity contribution in [3.8, 4) is 5.75 Å². The number of thiophene rings is 1. The third-order valence-electron chi connectivity index (χ3n) is 5.80. The maximum atomic E-state index is 12.7. The Morgan fingerprint density at radius 3 is 2.44 bits per heavy atom. The number of esters is 1. The van der Waals surface area contributed by atoms with Crippen LogP contribution in [0.25, 0.3) is 0 Å². The Kier molecular flexibility index (Phi) is 8.84. The average Bonchev–Trinajstić information content (AvgIpc) is 3.35. The van der Waals surface area contributed by atoms with Gasteiger partial charge in [0.2, 0.25) is 5.91 Å². The molecule has 3 rings (SSSR count). The van der Waals surface area contributed by atoms with Gasteiger partial charge in [-0.05, 0) is 48.9 Å². The van der Waals surface area contributed by atoms with E-state index in [9.17, 15) is 9.59 Å². The number of ether oxygens (including phenoxy) is 2. The van der Waals surface area contributed by atoms with Gasteiger partial charge in [-0.2, -0.15) is 0 Å². The standard InChI is InChI=1S/C26H34N4O4S2/c1-9-19-16(3)36-23(21(19)24(32)33-8)27-20(31)14-35-25-29-28-22(30(25)7)15(2)34-18-12-10-17(11-13-18)26(4,5)6/h10-13,15H,9,14H2,1-8H3,(H,27,31). The molecule has 0 spiro atoms. The van der Waals surface area contributed by atoms with E-state index in [1.54, 1.807) is 0 Å². The van der Waals surface area contributed by atoms with E-state index in [0.717, 1.165) is 16.2 Å². The first kappa shape index (κ1) is 27.7. The van der Waals surface area contributed by atoms with E-state index < -0.39 is 5.97 Å². The van der Waals surface area contributed by atoms with Gasteiger partial charge in [-0.1, -0.05) is 51.6 Å². The number of methoxy groups -OCH3 is 1. The Morgan fingerprint density at radius 1 is 1.19 bits per heavy atom. The van der Waals surface area contributed by atoms with Crippen LogP contribution < -0.4 is 10.1 Å². The Balaban J connectivity index is 1.63. The van der Waals surface area contributed by atoms with Gasteiger partial charge in [0.1, 0.15) is 10.8 Å². The monoisotopic (exact) mass is 530 g/mol. The van der Waals surface area contributed by atoms with Crippen LogP contribution in [0.4, 0.5) is 5.00 Å². The summed E-state index contributed by atoms with van der Waals surface area (Å²) < 4.78 is 12.8. The molecular formula is C26H34N4O4S2. The van der Waals surface area contributed by atoms with Gasteiger partial charge < -0.3 is 19.4 Å². The lowest BCUT2D eigenvalue weighted by Gasteiger charge is -2.20. The van der Waals surface area contributed by atoms with Crippen molar-refractivity contribution < 1.29 is 19.1 Å². The SMILES string of the molecule is CCc1c(C)sc(NC(=O)CSc2nnc(C(C)Oc3ccc(C(C)(C)C)cc3)n2C)c1C(=O)OC. The number of rotatable bonds is 9. The van der Waals surface area contributed by atoms with Crippen molar-refractivity contribution in [3.63, 3.8) is 0 Å². The van der Waals surface area contributed by atoms with Crippen LogP contribution in [0.15, 0.2) is 29.4 Å². The fourth-order valence-corrected chi connectivity index (χ4v) is 5.67. The number of aromatic nitrogens is 3. The molecule has 3 aromatic rings. The number of hydrogen-bond donors (Lipinski definition) is 1. The summed E-state index contributed by atoms with van der Waals surface area (Å²) in [6, 6.07) is 8.07. The molecule has 36 heavy (non-hydrogen) atoms. The van der Waals surface area contributed by atoms with Crippen LogP contribution in [0.5, 0.6) is 5.75 Å². The summed E-state index contributed by atoms with van der Waals surface area (Å²) in [5.74, 6) is 0.855. The molecule has 0 bridgehead atoms. The Hall–Kier alpha value is -2.85. The summed E-state index contributed by atoms with van der Waals surface area (Å²) in [4.78, 5) is 26.0. The molecule has 0 fully saturated rings. The molecule has 2 aromatic heterocycles. The molecule has 8 nitrogen and oxygen atoms in total. The van der Waals surface area contributed by atoms with Crippen LogP contribution in [-0.2, 0) is 28.4 Å². The predicted octanol–water partition coefficient (Wildman–Crippen LogP) is 5.70. The number of amides is 1. The van der Waals surface area contributed by atoms with Gasteiger partial charge >= 0.3 is 5.97 Å². The van der Waals surface area contributed by atoms with Crippen LogP contribution in [0.1, 0.15) is 72.9 Å². The highest BCUT2D eigenvalue weighted by molar-refractivity contribution is 7.99. The fraction of sp³-hybridized carbons (Fsp3) is 0.462. The van der Waals surface area contributed by atoms with Crippen LogP contribution >= 0.6 is 23.1 Å². The van der Waals surface area contributed by atoms with E-state index in [4.69, 9.17) is 9.47 Å². The van der Waals surface area contributed by atoms with Crippen molar-refractivity contribution in [2.24, 2.45) is 7.05 Å². The summed E-state index contributed by atoms with van der Waals surface area (Å²) in [6.07, 6.45) is 0.357. The number of aryl methyl sites for hydroxylation is 1. The number of nitrogens with one attached hydrogen (secondary N) is 1. The molecular weight excluding hydrogens is 496 g/mol. The molecule has 1 unspecified atom stereocenters. The number of anilines is 1. The second kappa shape index (κ2) is 11.5. The van der Waals surface area contributed by atoms with Crippen molar-refractivity contribution in [1.82, 2.24) is 14.8 Å². The third kappa shape index (κ3) is 6.28. The van der Waals surface area contributed by atoms with Gasteiger partial charge in [0.25, 0.3) is 0 Å². The molecule has 2 heterocycles. The molecule has 1 N–H and O–H groups in total. The minimum atomic E-state index is -0.445. The van der Waals surface area contributed by atoms with Gasteiger partial charge in [-0.25, -0.2) is 4.79 Å². The molecule has 1 aromatic carbocycles. The maximum absolute atomic E-state index is 12.7. The molecule has 0 saturated carbocycles. The summed E-state index contributed by atoms with van der Waals surface area (Å²) in [5, 5.41) is 12.5. The zero-order valence-corrected chi connectivity index (χ0v) is 23.7. The molecule has 0 aliphatic heterocycles. The molecule has 10 heteroatoms. The second-order valence-corrected chi connectivity index (χ2v) is 11.6. The predicted molar refractivity (Wildman–Crippen MR) is 144 cm³/mol. The molecule has 1 amide bonds. The topological polar surface area (TPSA) is 95.3 Å². The maximum Gasteiger partial charge on any atom is 0.341 e. The fourth-order valence-electron chi connectivity index (χ4n) is 3.80. The van der Waals surface area contributed by atoms with Crippen LogP contribution in [0.3, 0.4) is 0 Å². The van der Waals surface area contributed by atoms with Gasteiger partial charge in [0.15, 0.2) is 17.1 Å². The lowest BCUT2D eigenvalue weighted by atomic mass is 9.87. The van der Waals surface area contributed by atoms with Crippen molar-refractivity contribution in [2.45, 2.75) is 64.6 Å². The average molecular weight is 531 g/mol. The van der Waals surface area contributed by atoms with Crippen molar-refractivity contribution in [3.05, 3.63) is 51.7 Å². The number of thioether (sulfide) groups is 1. The van der Waals surface area contributed by atoms with Crippen LogP contribution in [0, 0.1) is 6.92 Å². The van der Waals surface area contributed by atoms with E-state index in [0.29, 0.717) is 28.0 Å². The number of benzene rings is 1. The van der Waals surface area contributed by atoms with E-state index in [1.165, 1.54) is 35.8 Å². The summed E-state index contributed by atoms with van der Waals surface area (Å²) in [7, 11) is 3.19. The number of hydrogen-bond acceptors (Lipinski definition) is 8. The molecule has 0 aliphatic rings. The molecule has 0 saturated heterocycles. The van der Waals surface area contributed by atoms with Crippen LogP contribution in [-0.4, -0.2) is 39.5 Å². The Morgan fingerprint density at radius 2 is 1.86 bits per heavy atom. The first-order chi connectivity index (χ1) is 17.0. The van der Waals surface area contributed by atoms with Gasteiger partial charge in [0, 0.05) is 11.9 Å². The van der Waals surface area contributed by atoms with Crippen molar-refractivity contribution in [2.75, 3.05) is 18.2 Å². The normalized spacial score (nSPS) is 12.3. The van der Waals surface area contributed by atoms with E-state index in [1.807, 2.05) is 44.5 Å². The lowest BCUT2D eigenvalue weighted by Crippen LogP contribution is -2.16. The number of nitrogens with zero attached hydrogens (tertiary/aromatic N) is 3. The van der Waals surface area contributed by atoms with E-state index in [2.05, 4.69) is 48.4 Å². The Labute approximate surface area is 220 Å². The molecule has 0 radical (unpaired) electrons. The zero-order valence-electron chi connectivity index (χ0n) is 22.1. The van der Waals surface area contributed by atoms with Crippen molar-refractivity contribution >= 4 is 40.0 Å². The summed E-state index contributed by atoms with van der Waals surface area (Å²) in [5.41, 5.74) is 2.65. The van der Waals surface area contributed by atoms with E-state index in [-0.39, 0.29) is 23.2 Å². The van der Waals surface area contributed by atoms with Gasteiger partial charge in [-0.3, -0.25) is 4.79 Å². The van der Waals surface area contributed by atoms with E-state index >= 15 is 0 Å². The Bertz CT molecular complexity index is 1230. The smallest absolute Gasteiger partial charge is 0.341 e. The highest BCUT2D eigenvalue weighted by Crippen LogP contribution is 2.34. The quantitative estimate of drug-likeness (QED) is 0.280. The summed E-state index contributed by atoms with van der Waals surface area (Å²) >= 11 is 2.65. The highest BCUT2D eigenvalue weighted by Gasteiger charge is 2.24. The number of carbonyl (C=O) groups is 2. The first-order valence-electron chi connectivity index (χ1n) is 11.8. The second-order valence-electron chi connectivity index (χ2n) is 9.46. The summed E-state index contributed by atoms with van der Waals surface area (Å²) in [6.45, 7) is 12.3. The van der Waals surface area contributed by atoms with Gasteiger partial charge in [0.05, 0.1) is 18.4 Å². The third-order valence-corrected chi connectivity index (χ3v) is 7.89. The highest BCUT2D eigenvalue weighted by atomic mass is 32.2. The minimum Gasteiger partial charge on any atom is -0.483 e.